The third-order valence-electron chi connectivity index (χ3n) is 17.8. The summed E-state index contributed by atoms with van der Waals surface area (Å²) in [5, 5.41) is 10.8. The summed E-state index contributed by atoms with van der Waals surface area (Å²) in [6.07, 6.45) is 6.45. The lowest BCUT2D eigenvalue weighted by atomic mass is 9.50. The second-order valence-electron chi connectivity index (χ2n) is 24.3. The van der Waals surface area contributed by atoms with E-state index in [1.165, 1.54) is 11.0 Å². The number of aromatic nitrogens is 4. The number of ether oxygens (including phenoxy) is 1. The maximum absolute atomic E-state index is 15.0. The minimum absolute atomic E-state index is 0.0390. The average molecular weight is 1030 g/mol. The molecule has 3 saturated heterocycles. The number of carbonyl (C=O) groups is 4. The summed E-state index contributed by atoms with van der Waals surface area (Å²) >= 11 is 0. The Bertz CT molecular complexity index is 2880. The summed E-state index contributed by atoms with van der Waals surface area (Å²) < 4.78 is 53.6. The zero-order valence-corrected chi connectivity index (χ0v) is 44.2. The Kier molecular flexibility index (Phi) is 13.3. The number of piperidine rings is 2. The lowest BCUT2D eigenvalue weighted by molar-refractivity contribution is -0.139. The quantitative estimate of drug-likeness (QED) is 0.137. The number of piperazine rings is 1. The van der Waals surface area contributed by atoms with Crippen molar-refractivity contribution in [2.24, 2.45) is 18.4 Å². The molecule has 0 bridgehead atoms. The number of alkyl halides is 3. The number of carbonyl (C=O) groups excluding carboxylic acids is 4. The number of fused-ring (bicyclic) bond motifs is 2. The normalized spacial score (nSPS) is 26.1. The second-order valence-corrected chi connectivity index (χ2v) is 24.3. The highest BCUT2D eigenvalue weighted by Gasteiger charge is 2.51. The maximum atomic E-state index is 15.0. The number of pyridine rings is 1. The molecule has 7 aliphatic rings. The van der Waals surface area contributed by atoms with Crippen LogP contribution in [0.2, 0.25) is 0 Å². The Balaban J connectivity index is 0.665. The van der Waals surface area contributed by atoms with Crippen LogP contribution in [0.5, 0.6) is 0 Å². The van der Waals surface area contributed by atoms with E-state index in [1.54, 1.807) is 17.3 Å². The number of imide groups is 1. The lowest BCUT2D eigenvalue weighted by Gasteiger charge is -2.54. The number of anilines is 2. The van der Waals surface area contributed by atoms with Crippen molar-refractivity contribution >= 4 is 35.1 Å². The van der Waals surface area contributed by atoms with Crippen molar-refractivity contribution in [2.45, 2.75) is 160 Å². The molecule has 75 heavy (non-hydrogen) atoms. The van der Waals surface area contributed by atoms with Crippen molar-refractivity contribution in [1.82, 2.24) is 39.8 Å². The van der Waals surface area contributed by atoms with Crippen LogP contribution in [0.3, 0.4) is 0 Å². The molecule has 7 heterocycles. The van der Waals surface area contributed by atoms with Gasteiger partial charge in [0.15, 0.2) is 0 Å². The summed E-state index contributed by atoms with van der Waals surface area (Å²) in [7, 11) is 1.93. The first-order valence-corrected chi connectivity index (χ1v) is 27.2. The van der Waals surface area contributed by atoms with Gasteiger partial charge in [-0.05, 0) is 143 Å². The molecule has 2 aromatic carbocycles. The third-order valence-corrected chi connectivity index (χ3v) is 17.8. The Morgan fingerprint density at radius 1 is 0.840 bits per heavy atom. The standard InChI is InChI=1S/C57H71F3N10O5/c1-35-50-42(53(74)70(35)46-15-17-49(71)63-51(46)72)14-16-47(62-50)67-20-18-41(19-21-67)75-40-12-10-36(11-13-40)28-66-22-23-68(55(4,5)33-66)29-37-24-43-44(45(25-37)57(58,59)60)30-69(52(43)73)39-9-7-8-38(26-39)56(31-54(2,3)32-56)27-48-64-61-34-65(48)6/h7-9,14,16,24-26,34-36,40-41,46H,10-13,15,17-23,27-33H2,1-6H3,(H,63,71,72)/t35?,36-,40-,46?. The summed E-state index contributed by atoms with van der Waals surface area (Å²) in [5.74, 6) is 0.871. The van der Waals surface area contributed by atoms with Gasteiger partial charge in [0.2, 0.25) is 11.8 Å². The van der Waals surface area contributed by atoms with E-state index in [0.717, 1.165) is 101 Å². The Labute approximate surface area is 437 Å². The fraction of sp³-hybridized carbons (Fsp3) is 0.596. The molecule has 400 valence electrons. The fourth-order valence-corrected chi connectivity index (χ4v) is 14.2. The van der Waals surface area contributed by atoms with Crippen LogP contribution >= 0.6 is 0 Å². The number of halogens is 3. The molecule has 5 aliphatic heterocycles. The highest BCUT2D eigenvalue weighted by molar-refractivity contribution is 6.10. The zero-order chi connectivity index (χ0) is 52.8. The number of aryl methyl sites for hydroxylation is 1. The van der Waals surface area contributed by atoms with Gasteiger partial charge >= 0.3 is 6.18 Å². The molecular weight excluding hydrogens is 962 g/mol. The number of nitrogens with zero attached hydrogens (tertiary/aromatic N) is 9. The molecule has 4 aromatic rings. The third kappa shape index (κ3) is 9.99. The van der Waals surface area contributed by atoms with E-state index < -0.39 is 29.6 Å². The monoisotopic (exact) mass is 1030 g/mol. The Morgan fingerprint density at radius 3 is 2.27 bits per heavy atom. The molecule has 15 nitrogen and oxygen atoms in total. The highest BCUT2D eigenvalue weighted by atomic mass is 19.4. The summed E-state index contributed by atoms with van der Waals surface area (Å²) in [5.41, 5.74) is 2.38. The molecule has 2 saturated carbocycles. The van der Waals surface area contributed by atoms with Crippen molar-refractivity contribution in [3.05, 3.63) is 99.8 Å². The topological polar surface area (TPSA) is 149 Å². The van der Waals surface area contributed by atoms with Crippen molar-refractivity contribution in [2.75, 3.05) is 49.1 Å². The van der Waals surface area contributed by atoms with E-state index in [-0.39, 0.29) is 70.5 Å². The molecule has 5 fully saturated rings. The van der Waals surface area contributed by atoms with E-state index in [4.69, 9.17) is 9.72 Å². The molecule has 1 N–H and O–H groups in total. The van der Waals surface area contributed by atoms with E-state index in [0.29, 0.717) is 54.4 Å². The zero-order valence-electron chi connectivity index (χ0n) is 44.2. The van der Waals surface area contributed by atoms with Gasteiger partial charge in [0, 0.05) is 87.9 Å². The van der Waals surface area contributed by atoms with Crippen LogP contribution < -0.4 is 15.1 Å². The number of rotatable bonds is 12. The van der Waals surface area contributed by atoms with Gasteiger partial charge in [-0.2, -0.15) is 13.2 Å². The molecule has 2 aliphatic carbocycles. The van der Waals surface area contributed by atoms with Gasteiger partial charge in [-0.15, -0.1) is 10.2 Å². The average Bonchev–Trinajstić information content (AvgIpc) is 4.00. The van der Waals surface area contributed by atoms with Gasteiger partial charge in [-0.25, -0.2) is 4.98 Å². The Morgan fingerprint density at radius 2 is 1.59 bits per heavy atom. The number of hydrogen-bond acceptors (Lipinski definition) is 11. The number of nitrogens with one attached hydrogen (secondary N) is 1. The van der Waals surface area contributed by atoms with E-state index >= 15 is 0 Å². The molecule has 18 heteroatoms. The molecule has 0 radical (unpaired) electrons. The number of amides is 4. The smallest absolute Gasteiger partial charge is 0.375 e. The van der Waals surface area contributed by atoms with Crippen molar-refractivity contribution in [1.29, 1.82) is 0 Å². The second kappa shape index (κ2) is 19.4. The van der Waals surface area contributed by atoms with Gasteiger partial charge in [0.05, 0.1) is 41.6 Å². The molecular formula is C57H71F3N10O5. The van der Waals surface area contributed by atoms with E-state index in [1.807, 2.05) is 48.9 Å². The van der Waals surface area contributed by atoms with Gasteiger partial charge in [0.25, 0.3) is 11.8 Å². The van der Waals surface area contributed by atoms with Crippen molar-refractivity contribution in [3.8, 4) is 0 Å². The van der Waals surface area contributed by atoms with Crippen LogP contribution in [-0.2, 0) is 52.5 Å². The minimum atomic E-state index is -4.62. The van der Waals surface area contributed by atoms with Crippen LogP contribution in [0, 0.1) is 11.3 Å². The van der Waals surface area contributed by atoms with Crippen molar-refractivity contribution in [3.63, 3.8) is 0 Å². The number of hydrogen-bond donors (Lipinski definition) is 1. The highest BCUT2D eigenvalue weighted by Crippen LogP contribution is 2.57. The van der Waals surface area contributed by atoms with Crippen molar-refractivity contribution < 1.29 is 37.1 Å². The van der Waals surface area contributed by atoms with Crippen LogP contribution in [0.4, 0.5) is 24.7 Å². The first-order valence-electron chi connectivity index (χ1n) is 27.2. The SMILES string of the molecule is CC1c2nc(N3CCC(O[C@H]4CC[C@H](CN5CCN(Cc6cc7c(c(C(F)(F)F)c6)CN(c6cccc(C8(Cc9nncn9C)CC(C)(C)C8)c6)C7=O)C(C)(C)C5)CC4)CC3)ccc2C(=O)N1C1CCC(=O)NC1=O. The summed E-state index contributed by atoms with van der Waals surface area (Å²) in [6.45, 7) is 15.8. The van der Waals surface area contributed by atoms with Crippen LogP contribution in [0.1, 0.15) is 159 Å². The van der Waals surface area contributed by atoms with Gasteiger partial charge < -0.3 is 24.0 Å². The predicted molar refractivity (Wildman–Crippen MR) is 276 cm³/mol. The fourth-order valence-electron chi connectivity index (χ4n) is 14.2. The lowest BCUT2D eigenvalue weighted by Crippen LogP contribution is -2.59. The van der Waals surface area contributed by atoms with Gasteiger partial charge in [-0.3, -0.25) is 34.3 Å². The Hall–Kier alpha value is -5.72. The summed E-state index contributed by atoms with van der Waals surface area (Å²) in [4.78, 5) is 67.2. The van der Waals surface area contributed by atoms with Gasteiger partial charge in [-0.1, -0.05) is 26.0 Å². The number of benzene rings is 2. The van der Waals surface area contributed by atoms with E-state index in [2.05, 4.69) is 64.0 Å². The molecule has 0 spiro atoms. The molecule has 11 rings (SSSR count). The minimum Gasteiger partial charge on any atom is -0.375 e. The largest absolute Gasteiger partial charge is 0.416 e. The van der Waals surface area contributed by atoms with E-state index in [9.17, 15) is 32.3 Å². The molecule has 2 unspecified atom stereocenters. The first kappa shape index (κ1) is 51.4. The molecule has 4 amide bonds. The maximum Gasteiger partial charge on any atom is 0.416 e. The van der Waals surface area contributed by atoms with Crippen LogP contribution in [0.15, 0.2) is 54.9 Å². The van der Waals surface area contributed by atoms with Crippen LogP contribution in [-0.4, -0.2) is 121 Å². The van der Waals surface area contributed by atoms with Crippen LogP contribution in [0.25, 0.3) is 0 Å². The summed E-state index contributed by atoms with van der Waals surface area (Å²) in [6, 6.07) is 13.5. The first-order chi connectivity index (χ1) is 35.6. The molecule has 2 atom stereocenters. The molecule has 2 aromatic heterocycles. The van der Waals surface area contributed by atoms with Gasteiger partial charge in [0.1, 0.15) is 24.0 Å². The predicted octanol–water partition coefficient (Wildman–Crippen LogP) is 8.15.